The van der Waals surface area contributed by atoms with Crippen LogP contribution in [0.1, 0.15) is 69.1 Å². The molecular weight excluding hydrogens is 322 g/mol. The maximum Gasteiger partial charge on any atom is 0.255 e. The van der Waals surface area contributed by atoms with E-state index in [1.54, 1.807) is 11.3 Å². The van der Waals surface area contributed by atoms with Crippen molar-refractivity contribution in [1.29, 1.82) is 0 Å². The van der Waals surface area contributed by atoms with Crippen molar-refractivity contribution in [2.45, 2.75) is 76.4 Å². The number of nitrogens with zero attached hydrogens (tertiary/aromatic N) is 1. The van der Waals surface area contributed by atoms with Crippen molar-refractivity contribution in [3.05, 3.63) is 11.1 Å². The quantitative estimate of drug-likeness (QED) is 0.821. The van der Waals surface area contributed by atoms with Crippen LogP contribution in [-0.4, -0.2) is 36.2 Å². The number of hydrogen-bond donors (Lipinski definition) is 2. The number of carbonyl (C=O) groups excluding carboxylic acids is 1. The minimum absolute atomic E-state index is 0.0470. The van der Waals surface area contributed by atoms with Gasteiger partial charge in [0.05, 0.1) is 6.10 Å². The summed E-state index contributed by atoms with van der Waals surface area (Å²) in [6, 6.07) is 0. The van der Waals surface area contributed by atoms with Gasteiger partial charge in [-0.25, -0.2) is 4.98 Å². The van der Waals surface area contributed by atoms with Gasteiger partial charge < -0.3 is 10.1 Å². The van der Waals surface area contributed by atoms with Gasteiger partial charge in [-0.3, -0.25) is 10.1 Å². The van der Waals surface area contributed by atoms with Crippen LogP contribution >= 0.6 is 11.3 Å². The average molecular weight is 352 g/mol. The number of nitrogens with one attached hydrogen (secondary N) is 2. The van der Waals surface area contributed by atoms with E-state index in [4.69, 9.17) is 4.74 Å². The first kappa shape index (κ1) is 17.8. The van der Waals surface area contributed by atoms with E-state index >= 15 is 0 Å². The number of piperidine rings is 1. The molecule has 1 amide bonds. The summed E-state index contributed by atoms with van der Waals surface area (Å²) >= 11 is 1.62. The van der Waals surface area contributed by atoms with Crippen molar-refractivity contribution >= 4 is 22.4 Å². The minimum atomic E-state index is -0.362. The summed E-state index contributed by atoms with van der Waals surface area (Å²) in [6.45, 7) is 4.14. The molecule has 1 atom stereocenters. The highest BCUT2D eigenvalue weighted by molar-refractivity contribution is 7.15. The van der Waals surface area contributed by atoms with E-state index in [-0.39, 0.29) is 18.1 Å². The van der Waals surface area contributed by atoms with E-state index in [9.17, 15) is 4.79 Å². The first-order chi connectivity index (χ1) is 11.8. The normalized spacial score (nSPS) is 21.5. The molecule has 2 fully saturated rings. The van der Waals surface area contributed by atoms with Crippen LogP contribution < -0.4 is 10.6 Å². The molecule has 1 aliphatic carbocycles. The van der Waals surface area contributed by atoms with Gasteiger partial charge in [0.25, 0.3) is 5.91 Å². The lowest BCUT2D eigenvalue weighted by atomic mass is 9.97. The van der Waals surface area contributed by atoms with Gasteiger partial charge >= 0.3 is 0 Å². The highest BCUT2D eigenvalue weighted by atomic mass is 32.1. The van der Waals surface area contributed by atoms with E-state index in [0.717, 1.165) is 38.8 Å². The van der Waals surface area contributed by atoms with Crippen molar-refractivity contribution in [2.24, 2.45) is 0 Å². The summed E-state index contributed by atoms with van der Waals surface area (Å²) in [5.74, 6) is 0.532. The zero-order valence-electron chi connectivity index (χ0n) is 14.6. The lowest BCUT2D eigenvalue weighted by molar-refractivity contribution is -0.132. The summed E-state index contributed by atoms with van der Waals surface area (Å²) < 4.78 is 6.05. The van der Waals surface area contributed by atoms with Crippen molar-refractivity contribution < 1.29 is 9.53 Å². The molecule has 5 nitrogen and oxygen atoms in total. The maximum atomic E-state index is 12.5. The Morgan fingerprint density at radius 1 is 1.33 bits per heavy atom. The first-order valence-corrected chi connectivity index (χ1v) is 10.2. The van der Waals surface area contributed by atoms with E-state index in [1.165, 1.54) is 24.1 Å². The Morgan fingerprint density at radius 3 is 2.79 bits per heavy atom. The van der Waals surface area contributed by atoms with Crippen LogP contribution in [0.25, 0.3) is 0 Å². The summed E-state index contributed by atoms with van der Waals surface area (Å²) in [4.78, 5) is 18.2. The van der Waals surface area contributed by atoms with Gasteiger partial charge in [0, 0.05) is 11.1 Å². The molecule has 2 heterocycles. The van der Waals surface area contributed by atoms with Gasteiger partial charge in [-0.05, 0) is 51.1 Å². The zero-order valence-corrected chi connectivity index (χ0v) is 15.4. The van der Waals surface area contributed by atoms with Gasteiger partial charge in [-0.1, -0.05) is 26.2 Å². The summed E-state index contributed by atoms with van der Waals surface area (Å²) in [7, 11) is 0. The highest BCUT2D eigenvalue weighted by Gasteiger charge is 2.25. The van der Waals surface area contributed by atoms with Crippen molar-refractivity contribution in [3.63, 3.8) is 0 Å². The van der Waals surface area contributed by atoms with Gasteiger partial charge in [-0.15, -0.1) is 11.3 Å². The van der Waals surface area contributed by atoms with Crippen LogP contribution in [0.15, 0.2) is 6.20 Å². The molecule has 0 bridgehead atoms. The van der Waals surface area contributed by atoms with Crippen LogP contribution in [0.5, 0.6) is 0 Å². The molecule has 2 N–H and O–H groups in total. The number of aromatic nitrogens is 1. The topological polar surface area (TPSA) is 63.2 Å². The fourth-order valence-corrected chi connectivity index (χ4v) is 4.59. The molecule has 3 rings (SSSR count). The molecule has 6 heteroatoms. The van der Waals surface area contributed by atoms with Crippen LogP contribution in [0.2, 0.25) is 0 Å². The number of thiazole rings is 1. The Kier molecular flexibility index (Phi) is 6.63. The molecular formula is C18H29N3O2S. The van der Waals surface area contributed by atoms with Crippen LogP contribution in [0, 0.1) is 0 Å². The fraction of sp³-hybridized carbons (Fsp3) is 0.778. The third-order valence-electron chi connectivity index (χ3n) is 5.07. The van der Waals surface area contributed by atoms with Crippen molar-refractivity contribution in [1.82, 2.24) is 10.3 Å². The Bertz CT molecular complexity index is 522. The minimum Gasteiger partial charge on any atom is -0.365 e. The SMILES string of the molecule is CCC(OC1CCCCC1)C(=O)Nc1ncc(C2CCNCC2)s1. The number of carbonyl (C=O) groups is 1. The standard InChI is InChI=1S/C18H29N3O2S/c1-2-15(23-14-6-4-3-5-7-14)17(22)21-18-20-12-16(24-18)13-8-10-19-11-9-13/h12-15,19H,2-11H2,1H3,(H,20,21,22). The lowest BCUT2D eigenvalue weighted by Gasteiger charge is -2.26. The van der Waals surface area contributed by atoms with E-state index in [1.807, 2.05) is 13.1 Å². The Labute approximate surface area is 148 Å². The molecule has 0 spiro atoms. The Balaban J connectivity index is 1.53. The summed E-state index contributed by atoms with van der Waals surface area (Å²) in [5.41, 5.74) is 0. The molecule has 1 saturated heterocycles. The van der Waals surface area contributed by atoms with Crippen LogP contribution in [0.4, 0.5) is 5.13 Å². The van der Waals surface area contributed by atoms with Gasteiger partial charge in [0.2, 0.25) is 0 Å². The molecule has 134 valence electrons. The predicted octanol–water partition coefficient (Wildman–Crippen LogP) is 3.68. The third-order valence-corrected chi connectivity index (χ3v) is 6.14. The second-order valence-corrected chi connectivity index (χ2v) is 7.94. The van der Waals surface area contributed by atoms with Gasteiger partial charge in [0.1, 0.15) is 6.10 Å². The number of rotatable bonds is 6. The number of amides is 1. The monoisotopic (exact) mass is 351 g/mol. The first-order valence-electron chi connectivity index (χ1n) is 9.39. The maximum absolute atomic E-state index is 12.5. The lowest BCUT2D eigenvalue weighted by Crippen LogP contribution is -2.34. The third kappa shape index (κ3) is 4.77. The van der Waals surface area contributed by atoms with Crippen molar-refractivity contribution in [2.75, 3.05) is 18.4 Å². The van der Waals surface area contributed by atoms with E-state index in [2.05, 4.69) is 15.6 Å². The molecule has 1 aliphatic heterocycles. The summed E-state index contributed by atoms with van der Waals surface area (Å²) in [6.07, 6.45) is 10.7. The van der Waals surface area contributed by atoms with Gasteiger partial charge in [-0.2, -0.15) is 0 Å². The molecule has 1 unspecified atom stereocenters. The smallest absolute Gasteiger partial charge is 0.255 e. The molecule has 24 heavy (non-hydrogen) atoms. The second kappa shape index (κ2) is 8.92. The number of hydrogen-bond acceptors (Lipinski definition) is 5. The van der Waals surface area contributed by atoms with Crippen LogP contribution in [-0.2, 0) is 9.53 Å². The zero-order chi connectivity index (χ0) is 16.8. The van der Waals surface area contributed by atoms with Crippen molar-refractivity contribution in [3.8, 4) is 0 Å². The van der Waals surface area contributed by atoms with Crippen LogP contribution in [0.3, 0.4) is 0 Å². The van der Waals surface area contributed by atoms with E-state index < -0.39 is 0 Å². The molecule has 0 radical (unpaired) electrons. The molecule has 0 aromatic carbocycles. The number of ether oxygens (including phenoxy) is 1. The Hall–Kier alpha value is -0.980. The predicted molar refractivity (Wildman–Crippen MR) is 97.6 cm³/mol. The van der Waals surface area contributed by atoms with Gasteiger partial charge in [0.15, 0.2) is 5.13 Å². The highest BCUT2D eigenvalue weighted by Crippen LogP contribution is 2.32. The summed E-state index contributed by atoms with van der Waals surface area (Å²) in [5, 5.41) is 7.06. The average Bonchev–Trinajstić information content (AvgIpc) is 3.09. The molecule has 1 saturated carbocycles. The molecule has 1 aromatic heterocycles. The molecule has 1 aromatic rings. The number of anilines is 1. The Morgan fingerprint density at radius 2 is 2.08 bits per heavy atom. The fourth-order valence-electron chi connectivity index (χ4n) is 3.60. The second-order valence-electron chi connectivity index (χ2n) is 6.87. The largest absolute Gasteiger partial charge is 0.365 e. The van der Waals surface area contributed by atoms with E-state index in [0.29, 0.717) is 17.5 Å². The molecule has 2 aliphatic rings.